The second-order valence-corrected chi connectivity index (χ2v) is 6.25. The first-order valence-electron chi connectivity index (χ1n) is 6.59. The molecule has 21 heavy (non-hydrogen) atoms. The van der Waals surface area contributed by atoms with Gasteiger partial charge in [0.05, 0.1) is 11.7 Å². The highest BCUT2D eigenvalue weighted by Crippen LogP contribution is 2.27. The van der Waals surface area contributed by atoms with E-state index in [1.807, 2.05) is 0 Å². The Kier molecular flexibility index (Phi) is 4.84. The minimum Gasteiger partial charge on any atom is -0.478 e. The molecule has 6 nitrogen and oxygen atoms in total. The zero-order valence-corrected chi connectivity index (χ0v) is 13.1. The number of hydrogen-bond acceptors (Lipinski definition) is 3. The van der Waals surface area contributed by atoms with Gasteiger partial charge in [-0.2, -0.15) is 0 Å². The molecule has 0 radical (unpaired) electrons. The molecule has 1 fully saturated rings. The van der Waals surface area contributed by atoms with Gasteiger partial charge in [-0.15, -0.1) is 0 Å². The number of carboxylic acids is 1. The van der Waals surface area contributed by atoms with Gasteiger partial charge in [0.2, 0.25) is 0 Å². The van der Waals surface area contributed by atoms with Gasteiger partial charge in [0.25, 0.3) is 0 Å². The summed E-state index contributed by atoms with van der Waals surface area (Å²) in [5, 5.41) is 20.9. The van der Waals surface area contributed by atoms with E-state index in [0.717, 1.165) is 12.8 Å². The molecule has 114 valence electrons. The molecule has 2 amide bonds. The number of carboxylic acid groups (broad SMARTS) is 1. The van der Waals surface area contributed by atoms with Crippen molar-refractivity contribution in [1.29, 1.82) is 0 Å². The molecule has 0 atom stereocenters. The van der Waals surface area contributed by atoms with Gasteiger partial charge in [0.1, 0.15) is 0 Å². The van der Waals surface area contributed by atoms with Crippen LogP contribution in [0.2, 0.25) is 0 Å². The summed E-state index contributed by atoms with van der Waals surface area (Å²) in [5.41, 5.74) is 0.525. The molecule has 1 aromatic carbocycles. The van der Waals surface area contributed by atoms with E-state index in [4.69, 9.17) is 5.11 Å². The second kappa shape index (κ2) is 6.44. The van der Waals surface area contributed by atoms with Crippen molar-refractivity contribution in [3.63, 3.8) is 0 Å². The highest BCUT2D eigenvalue weighted by atomic mass is 79.9. The van der Waals surface area contributed by atoms with Crippen LogP contribution in [0.15, 0.2) is 22.7 Å². The fourth-order valence-corrected chi connectivity index (χ4v) is 2.82. The predicted octanol–water partition coefficient (Wildman–Crippen LogP) is 2.38. The molecule has 0 unspecified atom stereocenters. The van der Waals surface area contributed by atoms with Crippen molar-refractivity contribution in [2.24, 2.45) is 5.92 Å². The van der Waals surface area contributed by atoms with Gasteiger partial charge in [0.15, 0.2) is 0 Å². The number of carbonyl (C=O) groups is 2. The van der Waals surface area contributed by atoms with Crippen LogP contribution in [0.1, 0.15) is 23.2 Å². The number of carbonyl (C=O) groups excluding carboxylic acids is 1. The van der Waals surface area contributed by atoms with Crippen molar-refractivity contribution in [2.45, 2.75) is 18.9 Å². The first-order valence-corrected chi connectivity index (χ1v) is 7.38. The number of nitrogens with zero attached hydrogens (tertiary/aromatic N) is 1. The summed E-state index contributed by atoms with van der Waals surface area (Å²) in [7, 11) is 1.68. The van der Waals surface area contributed by atoms with Crippen molar-refractivity contribution in [2.75, 3.05) is 18.9 Å². The van der Waals surface area contributed by atoms with Crippen LogP contribution in [0.4, 0.5) is 10.5 Å². The van der Waals surface area contributed by atoms with E-state index in [1.54, 1.807) is 13.1 Å². The number of benzene rings is 1. The minimum atomic E-state index is -1.05. The lowest BCUT2D eigenvalue weighted by Gasteiger charge is -2.34. The van der Waals surface area contributed by atoms with Crippen LogP contribution < -0.4 is 5.32 Å². The number of aromatic carboxylic acids is 1. The first-order chi connectivity index (χ1) is 9.85. The summed E-state index contributed by atoms with van der Waals surface area (Å²) in [6, 6.07) is 4.22. The van der Waals surface area contributed by atoms with E-state index in [1.165, 1.54) is 17.0 Å². The molecule has 0 bridgehead atoms. The predicted molar refractivity (Wildman–Crippen MR) is 81.5 cm³/mol. The molecule has 0 saturated heterocycles. The van der Waals surface area contributed by atoms with Crippen LogP contribution >= 0.6 is 15.9 Å². The standard InChI is InChI=1S/C14H17BrN2O4/c1-17(7-8-2-12(18)3-8)14(21)16-11-5-9(13(19)20)4-10(15)6-11/h4-6,8,12,18H,2-3,7H2,1H3,(H,16,21)(H,19,20). The summed E-state index contributed by atoms with van der Waals surface area (Å²) in [6.45, 7) is 0.572. The zero-order valence-electron chi connectivity index (χ0n) is 11.5. The molecule has 2 rings (SSSR count). The number of rotatable bonds is 4. The molecular weight excluding hydrogens is 340 g/mol. The molecule has 0 aliphatic heterocycles. The minimum absolute atomic E-state index is 0.101. The summed E-state index contributed by atoms with van der Waals surface area (Å²) < 4.78 is 0.586. The Balaban J connectivity index is 1.97. The maximum Gasteiger partial charge on any atom is 0.335 e. The maximum atomic E-state index is 12.1. The fourth-order valence-electron chi connectivity index (χ4n) is 2.32. The number of urea groups is 1. The van der Waals surface area contributed by atoms with Gasteiger partial charge >= 0.3 is 12.0 Å². The number of hydrogen-bond donors (Lipinski definition) is 3. The maximum absolute atomic E-state index is 12.1. The van der Waals surface area contributed by atoms with E-state index < -0.39 is 5.97 Å². The molecule has 1 aromatic rings. The zero-order chi connectivity index (χ0) is 15.6. The Morgan fingerprint density at radius 1 is 1.38 bits per heavy atom. The Hall–Kier alpha value is -1.60. The Bertz CT molecular complexity index is 558. The van der Waals surface area contributed by atoms with Gasteiger partial charge in [-0.3, -0.25) is 0 Å². The Morgan fingerprint density at radius 2 is 2.05 bits per heavy atom. The molecule has 0 aromatic heterocycles. The number of halogens is 1. The van der Waals surface area contributed by atoms with Crippen molar-refractivity contribution in [3.8, 4) is 0 Å². The lowest BCUT2D eigenvalue weighted by Crippen LogP contribution is -2.41. The monoisotopic (exact) mass is 356 g/mol. The molecule has 7 heteroatoms. The molecule has 1 aliphatic rings. The van der Waals surface area contributed by atoms with Gasteiger partial charge < -0.3 is 20.4 Å². The largest absolute Gasteiger partial charge is 0.478 e. The van der Waals surface area contributed by atoms with E-state index >= 15 is 0 Å². The van der Waals surface area contributed by atoms with Gasteiger partial charge in [-0.25, -0.2) is 9.59 Å². The first kappa shape index (κ1) is 15.8. The molecule has 0 spiro atoms. The van der Waals surface area contributed by atoms with E-state index in [0.29, 0.717) is 22.6 Å². The molecule has 1 saturated carbocycles. The normalized spacial score (nSPS) is 20.5. The smallest absolute Gasteiger partial charge is 0.335 e. The van der Waals surface area contributed by atoms with Gasteiger partial charge in [0, 0.05) is 23.8 Å². The van der Waals surface area contributed by atoms with Crippen molar-refractivity contribution >= 4 is 33.6 Å². The highest BCUT2D eigenvalue weighted by Gasteiger charge is 2.29. The van der Waals surface area contributed by atoms with Crippen LogP contribution in [0, 0.1) is 5.92 Å². The third-order valence-corrected chi connectivity index (χ3v) is 3.94. The highest BCUT2D eigenvalue weighted by molar-refractivity contribution is 9.10. The van der Waals surface area contributed by atoms with Crippen LogP contribution in [0.3, 0.4) is 0 Å². The third kappa shape index (κ3) is 4.18. The number of amides is 2. The quantitative estimate of drug-likeness (QED) is 0.772. The Morgan fingerprint density at radius 3 is 2.62 bits per heavy atom. The van der Waals surface area contributed by atoms with Gasteiger partial charge in [-0.1, -0.05) is 15.9 Å². The van der Waals surface area contributed by atoms with Gasteiger partial charge in [-0.05, 0) is 37.0 Å². The third-order valence-electron chi connectivity index (χ3n) is 3.49. The van der Waals surface area contributed by atoms with Crippen LogP contribution in [-0.4, -0.2) is 46.8 Å². The number of aliphatic hydroxyl groups excluding tert-OH is 1. The van der Waals surface area contributed by atoms with Crippen LogP contribution in [-0.2, 0) is 0 Å². The molecule has 0 heterocycles. The number of nitrogens with one attached hydrogen (secondary N) is 1. The van der Waals surface area contributed by atoms with Crippen molar-refractivity contribution in [3.05, 3.63) is 28.2 Å². The fraction of sp³-hybridized carbons (Fsp3) is 0.429. The van der Waals surface area contributed by atoms with Crippen molar-refractivity contribution < 1.29 is 19.8 Å². The molecule has 3 N–H and O–H groups in total. The summed E-state index contributed by atoms with van der Waals surface area (Å²) in [4.78, 5) is 24.6. The van der Waals surface area contributed by atoms with Crippen LogP contribution in [0.5, 0.6) is 0 Å². The van der Waals surface area contributed by atoms with Crippen LogP contribution in [0.25, 0.3) is 0 Å². The molecule has 1 aliphatic carbocycles. The van der Waals surface area contributed by atoms with E-state index in [9.17, 15) is 14.7 Å². The topological polar surface area (TPSA) is 89.9 Å². The number of aliphatic hydroxyl groups is 1. The van der Waals surface area contributed by atoms with Crippen molar-refractivity contribution in [1.82, 2.24) is 4.90 Å². The summed E-state index contributed by atoms with van der Waals surface area (Å²) >= 11 is 3.22. The average Bonchev–Trinajstić information content (AvgIpc) is 2.35. The van der Waals surface area contributed by atoms with E-state index in [-0.39, 0.29) is 17.7 Å². The lowest BCUT2D eigenvalue weighted by molar-refractivity contribution is 0.0332. The van der Waals surface area contributed by atoms with E-state index in [2.05, 4.69) is 21.2 Å². The SMILES string of the molecule is CN(CC1CC(O)C1)C(=O)Nc1cc(Br)cc(C(=O)O)c1. The summed E-state index contributed by atoms with van der Waals surface area (Å²) in [5.74, 6) is -0.726. The average molecular weight is 357 g/mol. The summed E-state index contributed by atoms with van der Waals surface area (Å²) in [6.07, 6.45) is 1.20. The Labute approximate surface area is 130 Å². The lowest BCUT2D eigenvalue weighted by atomic mass is 9.82. The second-order valence-electron chi connectivity index (χ2n) is 5.34. The molecular formula is C14H17BrN2O4. The number of anilines is 1.